The summed E-state index contributed by atoms with van der Waals surface area (Å²) in [5.74, 6) is 0.644. The van der Waals surface area contributed by atoms with Crippen molar-refractivity contribution in [2.75, 3.05) is 5.32 Å². The van der Waals surface area contributed by atoms with E-state index in [-0.39, 0.29) is 17.3 Å². The fourth-order valence-corrected chi connectivity index (χ4v) is 2.02. The summed E-state index contributed by atoms with van der Waals surface area (Å²) in [7, 11) is 0. The van der Waals surface area contributed by atoms with Gasteiger partial charge in [-0.05, 0) is 24.6 Å². The minimum absolute atomic E-state index is 0.220. The molecule has 4 nitrogen and oxygen atoms in total. The number of rotatable bonds is 5. The van der Waals surface area contributed by atoms with Crippen molar-refractivity contribution in [3.8, 4) is 0 Å². The van der Waals surface area contributed by atoms with E-state index in [9.17, 15) is 13.2 Å². The van der Waals surface area contributed by atoms with Crippen molar-refractivity contribution >= 4 is 17.3 Å². The summed E-state index contributed by atoms with van der Waals surface area (Å²) >= 11 is 5.91. The van der Waals surface area contributed by atoms with E-state index in [2.05, 4.69) is 15.4 Å². The molecule has 0 amide bonds. The van der Waals surface area contributed by atoms with Crippen molar-refractivity contribution in [2.24, 2.45) is 0 Å². The standard InChI is InChI=1S/C13H14ClF3N4/c1-2-5-21-12(19-8-20-21)7-18-11-6-9(13(15,16)17)3-4-10(11)14/h3-4,6,8,18H,2,5,7H2,1H3. The van der Waals surface area contributed by atoms with Crippen LogP contribution in [-0.4, -0.2) is 14.8 Å². The van der Waals surface area contributed by atoms with Gasteiger partial charge in [0.2, 0.25) is 0 Å². The van der Waals surface area contributed by atoms with Gasteiger partial charge in [0.25, 0.3) is 0 Å². The first kappa shape index (κ1) is 15.6. The number of aryl methyl sites for hydroxylation is 1. The summed E-state index contributed by atoms with van der Waals surface area (Å²) < 4.78 is 39.7. The summed E-state index contributed by atoms with van der Waals surface area (Å²) in [6, 6.07) is 3.17. The highest BCUT2D eigenvalue weighted by molar-refractivity contribution is 6.33. The van der Waals surface area contributed by atoms with Crippen LogP contribution >= 0.6 is 11.6 Å². The molecule has 1 aromatic heterocycles. The third kappa shape index (κ3) is 3.87. The van der Waals surface area contributed by atoms with Crippen LogP contribution in [0.25, 0.3) is 0 Å². The van der Waals surface area contributed by atoms with Crippen molar-refractivity contribution < 1.29 is 13.2 Å². The number of anilines is 1. The molecule has 8 heteroatoms. The molecule has 114 valence electrons. The van der Waals surface area contributed by atoms with Crippen LogP contribution in [0.3, 0.4) is 0 Å². The zero-order valence-corrected chi connectivity index (χ0v) is 12.0. The highest BCUT2D eigenvalue weighted by atomic mass is 35.5. The molecule has 0 fully saturated rings. The van der Waals surface area contributed by atoms with E-state index in [1.807, 2.05) is 6.92 Å². The fraction of sp³-hybridized carbons (Fsp3) is 0.385. The van der Waals surface area contributed by atoms with Gasteiger partial charge in [-0.15, -0.1) is 0 Å². The Balaban J connectivity index is 2.14. The zero-order valence-electron chi connectivity index (χ0n) is 11.3. The Morgan fingerprint density at radius 1 is 1.33 bits per heavy atom. The predicted octanol–water partition coefficient (Wildman–Crippen LogP) is 3.97. The van der Waals surface area contributed by atoms with E-state index in [4.69, 9.17) is 11.6 Å². The molecule has 1 aromatic carbocycles. The van der Waals surface area contributed by atoms with E-state index >= 15 is 0 Å². The van der Waals surface area contributed by atoms with Gasteiger partial charge in [-0.3, -0.25) is 0 Å². The smallest absolute Gasteiger partial charge is 0.377 e. The molecule has 0 radical (unpaired) electrons. The van der Waals surface area contributed by atoms with Gasteiger partial charge in [0.1, 0.15) is 12.2 Å². The second kappa shape index (κ2) is 6.34. The molecule has 0 atom stereocenters. The van der Waals surface area contributed by atoms with Gasteiger partial charge in [0.05, 0.1) is 22.8 Å². The molecule has 1 N–H and O–H groups in total. The highest BCUT2D eigenvalue weighted by Gasteiger charge is 2.30. The maximum absolute atomic E-state index is 12.7. The second-order valence-electron chi connectivity index (χ2n) is 4.45. The van der Waals surface area contributed by atoms with E-state index in [1.165, 1.54) is 12.4 Å². The van der Waals surface area contributed by atoms with Gasteiger partial charge < -0.3 is 5.32 Å². The molecule has 0 aliphatic heterocycles. The number of nitrogens with zero attached hydrogens (tertiary/aromatic N) is 3. The monoisotopic (exact) mass is 318 g/mol. The van der Waals surface area contributed by atoms with Crippen molar-refractivity contribution in [3.05, 3.63) is 40.9 Å². The van der Waals surface area contributed by atoms with Crippen molar-refractivity contribution in [2.45, 2.75) is 32.6 Å². The van der Waals surface area contributed by atoms with Crippen molar-refractivity contribution in [1.82, 2.24) is 14.8 Å². The van der Waals surface area contributed by atoms with Crippen LogP contribution in [-0.2, 0) is 19.3 Å². The maximum atomic E-state index is 12.7. The number of aromatic nitrogens is 3. The molecule has 0 spiro atoms. The van der Waals surface area contributed by atoms with Gasteiger partial charge >= 0.3 is 6.18 Å². The van der Waals surface area contributed by atoms with Crippen LogP contribution in [0.1, 0.15) is 24.7 Å². The summed E-state index contributed by atoms with van der Waals surface area (Å²) in [5, 5.41) is 7.15. The van der Waals surface area contributed by atoms with Crippen LogP contribution < -0.4 is 5.32 Å². The second-order valence-corrected chi connectivity index (χ2v) is 4.85. The Morgan fingerprint density at radius 3 is 2.76 bits per heavy atom. The molecule has 0 unspecified atom stereocenters. The van der Waals surface area contributed by atoms with Crippen LogP contribution in [0.4, 0.5) is 18.9 Å². The zero-order chi connectivity index (χ0) is 15.5. The molecule has 0 aliphatic rings. The molecule has 0 bridgehead atoms. The molecule has 0 saturated carbocycles. The summed E-state index contributed by atoms with van der Waals surface area (Å²) in [6.45, 7) is 2.96. The number of hydrogen-bond donors (Lipinski definition) is 1. The minimum Gasteiger partial charge on any atom is -0.377 e. The van der Waals surface area contributed by atoms with Crippen LogP contribution in [0, 0.1) is 0 Å². The molecular weight excluding hydrogens is 305 g/mol. The first-order valence-corrected chi connectivity index (χ1v) is 6.77. The fourth-order valence-electron chi connectivity index (χ4n) is 1.83. The van der Waals surface area contributed by atoms with Gasteiger partial charge in [-0.1, -0.05) is 18.5 Å². The van der Waals surface area contributed by atoms with E-state index < -0.39 is 11.7 Å². The lowest BCUT2D eigenvalue weighted by Crippen LogP contribution is -2.11. The first-order chi connectivity index (χ1) is 9.91. The average Bonchev–Trinajstić information content (AvgIpc) is 2.84. The van der Waals surface area contributed by atoms with Crippen molar-refractivity contribution in [3.63, 3.8) is 0 Å². The summed E-state index contributed by atoms with van der Waals surface area (Å²) in [6.07, 6.45) is -2.09. The van der Waals surface area contributed by atoms with Gasteiger partial charge in [-0.25, -0.2) is 9.67 Å². The van der Waals surface area contributed by atoms with E-state index in [1.54, 1.807) is 4.68 Å². The van der Waals surface area contributed by atoms with E-state index in [0.717, 1.165) is 18.6 Å². The third-order valence-corrected chi connectivity index (χ3v) is 3.19. The Bertz CT molecular complexity index is 610. The van der Waals surface area contributed by atoms with Gasteiger partial charge in [-0.2, -0.15) is 18.3 Å². The molecule has 0 saturated heterocycles. The number of nitrogens with one attached hydrogen (secondary N) is 1. The third-order valence-electron chi connectivity index (χ3n) is 2.86. The quantitative estimate of drug-likeness (QED) is 0.907. The Kier molecular flexibility index (Phi) is 4.72. The lowest BCUT2D eigenvalue weighted by molar-refractivity contribution is -0.137. The Hall–Kier alpha value is -1.76. The van der Waals surface area contributed by atoms with Gasteiger partial charge in [0.15, 0.2) is 0 Å². The van der Waals surface area contributed by atoms with Crippen LogP contribution in [0.5, 0.6) is 0 Å². The molecule has 2 aromatic rings. The Labute approximate surface area is 124 Å². The number of hydrogen-bond acceptors (Lipinski definition) is 3. The molecule has 0 aliphatic carbocycles. The summed E-state index contributed by atoms with van der Waals surface area (Å²) in [5.41, 5.74) is -0.526. The van der Waals surface area contributed by atoms with E-state index in [0.29, 0.717) is 12.4 Å². The normalized spacial score (nSPS) is 11.7. The predicted molar refractivity (Wildman–Crippen MR) is 74.1 cm³/mol. The lowest BCUT2D eigenvalue weighted by atomic mass is 10.2. The number of alkyl halides is 3. The first-order valence-electron chi connectivity index (χ1n) is 6.39. The maximum Gasteiger partial charge on any atom is 0.416 e. The molecule has 1 heterocycles. The SMILES string of the molecule is CCCn1ncnc1CNc1cc(C(F)(F)F)ccc1Cl. The highest BCUT2D eigenvalue weighted by Crippen LogP contribution is 2.33. The topological polar surface area (TPSA) is 42.7 Å². The van der Waals surface area contributed by atoms with Crippen LogP contribution in [0.2, 0.25) is 5.02 Å². The number of benzene rings is 1. The van der Waals surface area contributed by atoms with Crippen molar-refractivity contribution in [1.29, 1.82) is 0 Å². The molecular formula is C13H14ClF3N4. The Morgan fingerprint density at radius 2 is 2.10 bits per heavy atom. The molecule has 21 heavy (non-hydrogen) atoms. The lowest BCUT2D eigenvalue weighted by Gasteiger charge is -2.12. The number of halogens is 4. The average molecular weight is 319 g/mol. The largest absolute Gasteiger partial charge is 0.416 e. The van der Waals surface area contributed by atoms with Gasteiger partial charge in [0, 0.05) is 6.54 Å². The minimum atomic E-state index is -4.40. The van der Waals surface area contributed by atoms with Crippen LogP contribution in [0.15, 0.2) is 24.5 Å². The summed E-state index contributed by atoms with van der Waals surface area (Å²) in [4.78, 5) is 4.07. The molecule has 2 rings (SSSR count).